The molecular weight excluding hydrogens is 292 g/mol. The van der Waals surface area contributed by atoms with Crippen molar-refractivity contribution in [2.45, 2.75) is 39.2 Å². The summed E-state index contributed by atoms with van der Waals surface area (Å²) in [6, 6.07) is 8.34. The standard InChI is InChI=1S/C18H28N2O3/c1-14(2)19-11-17(20-21)13-23-18-7-5-15(6-8-18)9-10-22-12-16-3-4-16/h5-8,14,16,19,21H,3-4,9-13H2,1-2H3/b20-17+. The summed E-state index contributed by atoms with van der Waals surface area (Å²) in [7, 11) is 0. The summed E-state index contributed by atoms with van der Waals surface area (Å²) in [6.07, 6.45) is 3.59. The van der Waals surface area contributed by atoms with Gasteiger partial charge in [-0.2, -0.15) is 0 Å². The predicted molar refractivity (Wildman–Crippen MR) is 91.5 cm³/mol. The van der Waals surface area contributed by atoms with E-state index in [1.54, 1.807) is 0 Å². The lowest BCUT2D eigenvalue weighted by molar-refractivity contribution is 0.127. The Bertz CT molecular complexity index is 482. The molecule has 0 bridgehead atoms. The number of nitrogens with zero attached hydrogens (tertiary/aromatic N) is 1. The molecule has 2 N–H and O–H groups in total. The maximum absolute atomic E-state index is 8.98. The van der Waals surface area contributed by atoms with Crippen molar-refractivity contribution in [1.82, 2.24) is 5.32 Å². The summed E-state index contributed by atoms with van der Waals surface area (Å²) in [4.78, 5) is 0. The maximum Gasteiger partial charge on any atom is 0.131 e. The van der Waals surface area contributed by atoms with Crippen molar-refractivity contribution in [3.8, 4) is 5.75 Å². The first-order chi connectivity index (χ1) is 11.2. The zero-order valence-electron chi connectivity index (χ0n) is 14.1. The van der Waals surface area contributed by atoms with E-state index in [0.29, 0.717) is 18.3 Å². The van der Waals surface area contributed by atoms with Crippen LogP contribution in [-0.2, 0) is 11.2 Å². The molecule has 0 amide bonds. The van der Waals surface area contributed by atoms with E-state index in [1.807, 2.05) is 26.0 Å². The fourth-order valence-corrected chi connectivity index (χ4v) is 2.08. The van der Waals surface area contributed by atoms with Crippen molar-refractivity contribution in [2.75, 3.05) is 26.4 Å². The van der Waals surface area contributed by atoms with Crippen LogP contribution in [0.3, 0.4) is 0 Å². The Morgan fingerprint density at radius 2 is 2.04 bits per heavy atom. The molecule has 0 aromatic heterocycles. The monoisotopic (exact) mass is 320 g/mol. The minimum Gasteiger partial charge on any atom is -0.487 e. The highest BCUT2D eigenvalue weighted by molar-refractivity contribution is 5.87. The van der Waals surface area contributed by atoms with Crippen molar-refractivity contribution < 1.29 is 14.7 Å². The average molecular weight is 320 g/mol. The lowest BCUT2D eigenvalue weighted by Gasteiger charge is -2.11. The van der Waals surface area contributed by atoms with Crippen LogP contribution in [0.15, 0.2) is 29.4 Å². The third kappa shape index (κ3) is 7.48. The van der Waals surface area contributed by atoms with Crippen molar-refractivity contribution in [1.29, 1.82) is 0 Å². The molecule has 0 radical (unpaired) electrons. The SMILES string of the molecule is CC(C)NC/C(COc1ccc(CCOCC2CC2)cc1)=N\O. The summed E-state index contributed by atoms with van der Waals surface area (Å²) in [5, 5.41) is 15.5. The molecule has 0 aliphatic heterocycles. The van der Waals surface area contributed by atoms with Crippen LogP contribution >= 0.6 is 0 Å². The predicted octanol–water partition coefficient (Wildman–Crippen LogP) is 2.86. The second-order valence-corrected chi connectivity index (χ2v) is 6.40. The van der Waals surface area contributed by atoms with Gasteiger partial charge in [-0.05, 0) is 42.9 Å². The van der Waals surface area contributed by atoms with Gasteiger partial charge in [0, 0.05) is 19.2 Å². The first-order valence-corrected chi connectivity index (χ1v) is 8.40. The quantitative estimate of drug-likeness (QED) is 0.285. The van der Waals surface area contributed by atoms with Gasteiger partial charge in [-0.3, -0.25) is 0 Å². The molecule has 1 aromatic rings. The summed E-state index contributed by atoms with van der Waals surface area (Å²) in [6.45, 7) is 6.57. The van der Waals surface area contributed by atoms with Crippen molar-refractivity contribution in [3.05, 3.63) is 29.8 Å². The Labute approximate surface area is 138 Å². The average Bonchev–Trinajstić information content (AvgIpc) is 3.37. The zero-order chi connectivity index (χ0) is 16.5. The van der Waals surface area contributed by atoms with E-state index < -0.39 is 0 Å². The van der Waals surface area contributed by atoms with Gasteiger partial charge in [0.05, 0.1) is 6.61 Å². The first kappa shape index (κ1) is 17.8. The van der Waals surface area contributed by atoms with Crippen molar-refractivity contribution >= 4 is 5.71 Å². The van der Waals surface area contributed by atoms with E-state index in [4.69, 9.17) is 14.7 Å². The molecule has 0 spiro atoms. The molecule has 5 heteroatoms. The van der Waals surface area contributed by atoms with Crippen LogP contribution in [0, 0.1) is 5.92 Å². The molecule has 1 saturated carbocycles. The molecule has 1 fully saturated rings. The van der Waals surface area contributed by atoms with Gasteiger partial charge >= 0.3 is 0 Å². The lowest BCUT2D eigenvalue weighted by Crippen LogP contribution is -2.32. The number of rotatable bonds is 11. The molecule has 1 aromatic carbocycles. The highest BCUT2D eigenvalue weighted by atomic mass is 16.5. The van der Waals surface area contributed by atoms with Crippen LogP contribution < -0.4 is 10.1 Å². The third-order valence-electron chi connectivity index (χ3n) is 3.77. The van der Waals surface area contributed by atoms with Gasteiger partial charge in [-0.1, -0.05) is 31.1 Å². The van der Waals surface area contributed by atoms with Crippen molar-refractivity contribution in [3.63, 3.8) is 0 Å². The Morgan fingerprint density at radius 3 is 2.65 bits per heavy atom. The van der Waals surface area contributed by atoms with Gasteiger partial charge in [0.15, 0.2) is 0 Å². The van der Waals surface area contributed by atoms with Crippen molar-refractivity contribution in [2.24, 2.45) is 11.1 Å². The number of ether oxygens (including phenoxy) is 2. The summed E-state index contributed by atoms with van der Waals surface area (Å²) >= 11 is 0. The van der Waals surface area contributed by atoms with Gasteiger partial charge in [-0.15, -0.1) is 0 Å². The molecule has 0 unspecified atom stereocenters. The zero-order valence-corrected chi connectivity index (χ0v) is 14.1. The van der Waals surface area contributed by atoms with E-state index in [-0.39, 0.29) is 6.61 Å². The fourth-order valence-electron chi connectivity index (χ4n) is 2.08. The maximum atomic E-state index is 8.98. The van der Waals surface area contributed by atoms with Crippen LogP contribution in [0.2, 0.25) is 0 Å². The van der Waals surface area contributed by atoms with Gasteiger partial charge in [-0.25, -0.2) is 0 Å². The summed E-state index contributed by atoms with van der Waals surface area (Å²) in [5.74, 6) is 1.59. The van der Waals surface area contributed by atoms with E-state index in [1.165, 1.54) is 18.4 Å². The number of hydrogen-bond donors (Lipinski definition) is 2. The minimum absolute atomic E-state index is 0.278. The number of benzene rings is 1. The molecule has 2 rings (SSSR count). The van der Waals surface area contributed by atoms with Gasteiger partial charge in [0.25, 0.3) is 0 Å². The normalized spacial score (nSPS) is 15.2. The first-order valence-electron chi connectivity index (χ1n) is 8.40. The number of hydrogen-bond acceptors (Lipinski definition) is 5. The third-order valence-corrected chi connectivity index (χ3v) is 3.77. The molecule has 0 saturated heterocycles. The van der Waals surface area contributed by atoms with Crippen LogP contribution in [-0.4, -0.2) is 43.3 Å². The molecule has 0 heterocycles. The fraction of sp³-hybridized carbons (Fsp3) is 0.611. The molecule has 23 heavy (non-hydrogen) atoms. The Balaban J connectivity index is 1.66. The molecule has 1 aliphatic carbocycles. The molecule has 0 atom stereocenters. The smallest absolute Gasteiger partial charge is 0.131 e. The van der Waals surface area contributed by atoms with E-state index >= 15 is 0 Å². The van der Waals surface area contributed by atoms with Crippen LogP contribution in [0.4, 0.5) is 0 Å². The second-order valence-electron chi connectivity index (χ2n) is 6.40. The molecule has 5 nitrogen and oxygen atoms in total. The Kier molecular flexibility index (Phi) is 7.36. The van der Waals surface area contributed by atoms with Gasteiger partial charge in [0.2, 0.25) is 0 Å². The number of oxime groups is 1. The molecular formula is C18H28N2O3. The van der Waals surface area contributed by atoms with E-state index in [0.717, 1.165) is 31.3 Å². The highest BCUT2D eigenvalue weighted by Crippen LogP contribution is 2.28. The van der Waals surface area contributed by atoms with Gasteiger partial charge < -0.3 is 20.0 Å². The number of nitrogens with one attached hydrogen (secondary N) is 1. The van der Waals surface area contributed by atoms with Gasteiger partial charge in [0.1, 0.15) is 18.1 Å². The topological polar surface area (TPSA) is 63.1 Å². The summed E-state index contributed by atoms with van der Waals surface area (Å²) < 4.78 is 11.3. The highest BCUT2D eigenvalue weighted by Gasteiger charge is 2.20. The largest absolute Gasteiger partial charge is 0.487 e. The Hall–Kier alpha value is -1.59. The van der Waals surface area contributed by atoms with E-state index in [9.17, 15) is 0 Å². The van der Waals surface area contributed by atoms with Crippen LogP contribution in [0.5, 0.6) is 5.75 Å². The molecule has 1 aliphatic rings. The van der Waals surface area contributed by atoms with Crippen LogP contribution in [0.1, 0.15) is 32.3 Å². The second kappa shape index (κ2) is 9.53. The lowest BCUT2D eigenvalue weighted by atomic mass is 10.1. The molecule has 128 valence electrons. The van der Waals surface area contributed by atoms with E-state index in [2.05, 4.69) is 22.6 Å². The summed E-state index contributed by atoms with van der Waals surface area (Å²) in [5.41, 5.74) is 1.82. The van der Waals surface area contributed by atoms with Crippen LogP contribution in [0.25, 0.3) is 0 Å². The minimum atomic E-state index is 0.278. The Morgan fingerprint density at radius 1 is 1.30 bits per heavy atom.